The number of nitrogens with zero attached hydrogens (tertiary/aromatic N) is 1. The molecule has 0 unspecified atom stereocenters. The minimum absolute atomic E-state index is 0.210. The Morgan fingerprint density at radius 2 is 1.74 bits per heavy atom. The molecule has 178 valence electrons. The second-order valence-electron chi connectivity index (χ2n) is 7.67. The van der Waals surface area contributed by atoms with Gasteiger partial charge in [-0.2, -0.15) is 0 Å². The first kappa shape index (κ1) is 24.3. The molecule has 0 radical (unpaired) electrons. The quantitative estimate of drug-likeness (QED) is 0.346. The minimum atomic E-state index is -0.843. The van der Waals surface area contributed by atoms with Crippen LogP contribution in [0.3, 0.4) is 0 Å². The molecule has 0 aromatic heterocycles. The van der Waals surface area contributed by atoms with Crippen molar-refractivity contribution in [3.05, 3.63) is 93.0 Å². The van der Waals surface area contributed by atoms with Crippen LogP contribution in [0.1, 0.15) is 16.7 Å². The Morgan fingerprint density at radius 1 is 0.971 bits per heavy atom. The van der Waals surface area contributed by atoms with Crippen LogP contribution >= 0.6 is 23.2 Å². The topological polar surface area (TPSA) is 84.9 Å². The Morgan fingerprint density at radius 3 is 2.49 bits per heavy atom. The number of anilines is 1. The van der Waals surface area contributed by atoms with E-state index in [4.69, 9.17) is 32.7 Å². The summed E-state index contributed by atoms with van der Waals surface area (Å²) < 4.78 is 11.3. The first-order valence-corrected chi connectivity index (χ1v) is 11.3. The lowest BCUT2D eigenvalue weighted by atomic mass is 10.1. The molecule has 4 rings (SSSR count). The molecule has 0 saturated carbocycles. The van der Waals surface area contributed by atoms with Gasteiger partial charge in [0.1, 0.15) is 12.2 Å². The second kappa shape index (κ2) is 10.2. The number of carbonyl (C=O) groups is 3. The highest BCUT2D eigenvalue weighted by Gasteiger charge is 2.37. The van der Waals surface area contributed by atoms with Crippen LogP contribution in [0, 0.1) is 6.92 Å². The maximum absolute atomic E-state index is 13.2. The SMILES string of the molecule is COc1cc(/C=C2\C(=O)NC(=O)N(c3cccc(Cl)c3C)C2=O)ccc1OCc1cccc(Cl)c1. The number of rotatable bonds is 6. The van der Waals surface area contributed by atoms with Crippen LogP contribution in [-0.2, 0) is 16.2 Å². The third-order valence-corrected chi connectivity index (χ3v) is 6.01. The summed E-state index contributed by atoms with van der Waals surface area (Å²) in [5.74, 6) is -0.676. The zero-order valence-corrected chi connectivity index (χ0v) is 20.3. The first-order valence-electron chi connectivity index (χ1n) is 10.5. The summed E-state index contributed by atoms with van der Waals surface area (Å²) in [6, 6.07) is 16.3. The zero-order chi connectivity index (χ0) is 25.1. The van der Waals surface area contributed by atoms with Gasteiger partial charge in [0, 0.05) is 10.0 Å². The largest absolute Gasteiger partial charge is 0.493 e. The summed E-state index contributed by atoms with van der Waals surface area (Å²) in [5.41, 5.74) is 2.01. The molecule has 0 aliphatic carbocycles. The van der Waals surface area contributed by atoms with E-state index in [0.29, 0.717) is 38.4 Å². The van der Waals surface area contributed by atoms with Gasteiger partial charge in [-0.25, -0.2) is 9.69 Å². The van der Waals surface area contributed by atoms with E-state index < -0.39 is 17.8 Å². The lowest BCUT2D eigenvalue weighted by Gasteiger charge is -2.27. The number of carbonyl (C=O) groups excluding carboxylic acids is 3. The van der Waals surface area contributed by atoms with Gasteiger partial charge < -0.3 is 9.47 Å². The summed E-state index contributed by atoms with van der Waals surface area (Å²) >= 11 is 12.2. The van der Waals surface area contributed by atoms with Crippen LogP contribution in [0.15, 0.2) is 66.2 Å². The third kappa shape index (κ3) is 5.16. The van der Waals surface area contributed by atoms with Crippen LogP contribution in [0.5, 0.6) is 11.5 Å². The number of halogens is 2. The zero-order valence-electron chi connectivity index (χ0n) is 18.8. The van der Waals surface area contributed by atoms with Gasteiger partial charge in [0.2, 0.25) is 0 Å². The molecule has 1 aliphatic rings. The molecule has 1 heterocycles. The van der Waals surface area contributed by atoms with Crippen LogP contribution in [-0.4, -0.2) is 25.0 Å². The van der Waals surface area contributed by atoms with E-state index in [1.54, 1.807) is 55.5 Å². The average Bonchev–Trinajstić information content (AvgIpc) is 2.83. The van der Waals surface area contributed by atoms with Gasteiger partial charge in [-0.3, -0.25) is 14.9 Å². The van der Waals surface area contributed by atoms with Crippen LogP contribution in [0.2, 0.25) is 10.0 Å². The average molecular weight is 511 g/mol. The summed E-state index contributed by atoms with van der Waals surface area (Å²) in [6.07, 6.45) is 1.39. The van der Waals surface area contributed by atoms with Gasteiger partial charge in [0.15, 0.2) is 11.5 Å². The Balaban J connectivity index is 1.62. The van der Waals surface area contributed by atoms with E-state index in [2.05, 4.69) is 5.32 Å². The molecule has 0 atom stereocenters. The highest BCUT2D eigenvalue weighted by atomic mass is 35.5. The molecule has 0 bridgehead atoms. The standard InChI is InChI=1S/C26H20Cl2N2O5/c1-15-20(28)7-4-8-21(15)30-25(32)19(24(31)29-26(30)33)12-16-9-10-22(23(13-16)34-2)35-14-17-5-3-6-18(27)11-17/h3-13H,14H2,1-2H3,(H,29,31,33)/b19-12+. The number of urea groups is 1. The van der Waals surface area contributed by atoms with Crippen LogP contribution < -0.4 is 19.7 Å². The fourth-order valence-corrected chi connectivity index (χ4v) is 3.94. The Hall–Kier alpha value is -3.81. The molecule has 0 spiro atoms. The fourth-order valence-electron chi connectivity index (χ4n) is 3.56. The van der Waals surface area contributed by atoms with E-state index in [-0.39, 0.29) is 12.2 Å². The van der Waals surface area contributed by atoms with Crippen molar-refractivity contribution in [3.8, 4) is 11.5 Å². The number of ether oxygens (including phenoxy) is 2. The number of methoxy groups -OCH3 is 1. The van der Waals surface area contributed by atoms with Gasteiger partial charge in [-0.1, -0.05) is 47.5 Å². The minimum Gasteiger partial charge on any atom is -0.493 e. The van der Waals surface area contributed by atoms with Crippen molar-refractivity contribution in [1.82, 2.24) is 5.32 Å². The molecule has 35 heavy (non-hydrogen) atoms. The molecule has 1 saturated heterocycles. The molecule has 3 aromatic rings. The van der Waals surface area contributed by atoms with Crippen LogP contribution in [0.25, 0.3) is 6.08 Å². The van der Waals surface area contributed by atoms with Crippen molar-refractivity contribution in [2.24, 2.45) is 0 Å². The lowest BCUT2D eigenvalue weighted by molar-refractivity contribution is -0.122. The maximum Gasteiger partial charge on any atom is 0.335 e. The smallest absolute Gasteiger partial charge is 0.335 e. The van der Waals surface area contributed by atoms with Gasteiger partial charge in [-0.15, -0.1) is 0 Å². The summed E-state index contributed by atoms with van der Waals surface area (Å²) in [7, 11) is 1.49. The number of imide groups is 2. The van der Waals surface area contributed by atoms with Crippen molar-refractivity contribution in [2.45, 2.75) is 13.5 Å². The van der Waals surface area contributed by atoms with Crippen molar-refractivity contribution < 1.29 is 23.9 Å². The van der Waals surface area contributed by atoms with Gasteiger partial charge in [-0.05, 0) is 66.1 Å². The predicted molar refractivity (Wildman–Crippen MR) is 134 cm³/mol. The highest BCUT2D eigenvalue weighted by molar-refractivity contribution is 6.40. The number of hydrogen-bond donors (Lipinski definition) is 1. The molecular formula is C26H20Cl2N2O5. The molecule has 7 nitrogen and oxygen atoms in total. The molecule has 1 N–H and O–H groups in total. The molecule has 4 amide bonds. The molecule has 9 heteroatoms. The van der Waals surface area contributed by atoms with E-state index in [9.17, 15) is 14.4 Å². The van der Waals surface area contributed by atoms with Crippen molar-refractivity contribution >= 4 is 52.8 Å². The first-order chi connectivity index (χ1) is 16.8. The molecule has 1 aliphatic heterocycles. The normalized spacial score (nSPS) is 14.8. The summed E-state index contributed by atoms with van der Waals surface area (Å²) in [6.45, 7) is 1.96. The van der Waals surface area contributed by atoms with Crippen molar-refractivity contribution in [2.75, 3.05) is 12.0 Å². The van der Waals surface area contributed by atoms with Crippen molar-refractivity contribution in [3.63, 3.8) is 0 Å². The number of amides is 4. The van der Waals surface area contributed by atoms with E-state index in [1.807, 2.05) is 12.1 Å². The number of nitrogens with one attached hydrogen (secondary N) is 1. The van der Waals surface area contributed by atoms with E-state index in [1.165, 1.54) is 13.2 Å². The number of barbiturate groups is 1. The molecular weight excluding hydrogens is 491 g/mol. The lowest BCUT2D eigenvalue weighted by Crippen LogP contribution is -2.54. The van der Waals surface area contributed by atoms with Gasteiger partial charge >= 0.3 is 6.03 Å². The van der Waals surface area contributed by atoms with Crippen LogP contribution in [0.4, 0.5) is 10.5 Å². The van der Waals surface area contributed by atoms with E-state index >= 15 is 0 Å². The van der Waals surface area contributed by atoms with Gasteiger partial charge in [0.25, 0.3) is 11.8 Å². The number of benzene rings is 3. The van der Waals surface area contributed by atoms with E-state index in [0.717, 1.165) is 10.5 Å². The Labute approximate surface area is 211 Å². The van der Waals surface area contributed by atoms with Crippen molar-refractivity contribution in [1.29, 1.82) is 0 Å². The molecule has 3 aromatic carbocycles. The third-order valence-electron chi connectivity index (χ3n) is 5.36. The van der Waals surface area contributed by atoms with Gasteiger partial charge in [0.05, 0.1) is 12.8 Å². The Bertz CT molecular complexity index is 1370. The second-order valence-corrected chi connectivity index (χ2v) is 8.51. The number of hydrogen-bond acceptors (Lipinski definition) is 5. The monoisotopic (exact) mass is 510 g/mol. The maximum atomic E-state index is 13.2. The predicted octanol–water partition coefficient (Wildman–Crippen LogP) is 5.56. The fraction of sp³-hybridized carbons (Fsp3) is 0.115. The molecule has 1 fully saturated rings. The summed E-state index contributed by atoms with van der Waals surface area (Å²) in [5, 5.41) is 3.21. The Kier molecular flexibility index (Phi) is 7.10. The highest BCUT2D eigenvalue weighted by Crippen LogP contribution is 2.32. The summed E-state index contributed by atoms with van der Waals surface area (Å²) in [4.78, 5) is 39.1.